The van der Waals surface area contributed by atoms with Crippen molar-refractivity contribution >= 4 is 17.4 Å². The van der Waals surface area contributed by atoms with Gasteiger partial charge in [0.25, 0.3) is 0 Å². The molecule has 0 saturated carbocycles. The molecular weight excluding hydrogens is 351 g/mol. The number of aliphatic carboxylic acids is 1. The number of carboxylic acid groups (broad SMARTS) is 1. The third kappa shape index (κ3) is 5.32. The van der Waals surface area contributed by atoms with Crippen LogP contribution >= 0.6 is 0 Å². The van der Waals surface area contributed by atoms with E-state index in [9.17, 15) is 22.8 Å². The van der Waals surface area contributed by atoms with Crippen molar-refractivity contribution in [2.45, 2.75) is 32.0 Å². The molecule has 142 valence electrons. The van der Waals surface area contributed by atoms with Crippen LogP contribution in [0.4, 0.5) is 13.2 Å². The zero-order chi connectivity index (χ0) is 19.3. The molecule has 1 aromatic rings. The van der Waals surface area contributed by atoms with Gasteiger partial charge in [0.2, 0.25) is 5.91 Å². The van der Waals surface area contributed by atoms with Crippen molar-refractivity contribution in [1.29, 1.82) is 0 Å². The van der Waals surface area contributed by atoms with Crippen LogP contribution in [0.3, 0.4) is 0 Å². The minimum Gasteiger partial charge on any atom is -0.480 e. The molecule has 2 rings (SSSR count). The minimum atomic E-state index is -4.42. The maximum absolute atomic E-state index is 12.6. The van der Waals surface area contributed by atoms with E-state index in [0.717, 1.165) is 12.1 Å². The van der Waals surface area contributed by atoms with E-state index in [-0.39, 0.29) is 6.04 Å². The standard InChI is InChI=1S/C18H20F3NO4/c1-12(13-2-4-14(5-3-13)18(19,20)21)10-16(23)22(11-17(24)25)15-6-8-26-9-7-15/h2-5,10,15H,6-9,11H2,1H3,(H,24,25). The lowest BCUT2D eigenvalue weighted by Crippen LogP contribution is -2.45. The molecule has 1 fully saturated rings. The van der Waals surface area contributed by atoms with Gasteiger partial charge in [-0.05, 0) is 43.0 Å². The largest absolute Gasteiger partial charge is 0.480 e. The fourth-order valence-electron chi connectivity index (χ4n) is 2.80. The SMILES string of the molecule is CC(=CC(=O)N(CC(=O)O)C1CCOCC1)c1ccc(C(F)(F)F)cc1. The van der Waals surface area contributed by atoms with Gasteiger partial charge in [-0.1, -0.05) is 12.1 Å². The Hall–Kier alpha value is -2.35. The number of benzene rings is 1. The minimum absolute atomic E-state index is 0.232. The van der Waals surface area contributed by atoms with Crippen molar-refractivity contribution in [3.8, 4) is 0 Å². The highest BCUT2D eigenvalue weighted by Crippen LogP contribution is 2.30. The molecule has 0 aromatic heterocycles. The first-order chi connectivity index (χ1) is 12.2. The molecule has 0 atom stereocenters. The predicted octanol–water partition coefficient (Wildman–Crippen LogP) is 3.20. The summed E-state index contributed by atoms with van der Waals surface area (Å²) in [6.07, 6.45) is -2.06. The molecule has 0 bridgehead atoms. The summed E-state index contributed by atoms with van der Waals surface area (Å²) in [5.41, 5.74) is 0.162. The molecule has 0 radical (unpaired) electrons. The van der Waals surface area contributed by atoms with E-state index in [1.807, 2.05) is 0 Å². The summed E-state index contributed by atoms with van der Waals surface area (Å²) in [4.78, 5) is 24.9. The van der Waals surface area contributed by atoms with Crippen LogP contribution < -0.4 is 0 Å². The monoisotopic (exact) mass is 371 g/mol. The van der Waals surface area contributed by atoms with E-state index >= 15 is 0 Å². The van der Waals surface area contributed by atoms with Crippen LogP contribution in [0, 0.1) is 0 Å². The van der Waals surface area contributed by atoms with E-state index in [4.69, 9.17) is 9.84 Å². The van der Waals surface area contributed by atoms with Crippen LogP contribution in [-0.2, 0) is 20.5 Å². The highest BCUT2D eigenvalue weighted by atomic mass is 19.4. The average Bonchev–Trinajstić information content (AvgIpc) is 2.59. The van der Waals surface area contributed by atoms with Crippen molar-refractivity contribution in [1.82, 2.24) is 4.90 Å². The Labute approximate surface area is 149 Å². The molecule has 26 heavy (non-hydrogen) atoms. The van der Waals surface area contributed by atoms with Crippen LogP contribution in [0.5, 0.6) is 0 Å². The van der Waals surface area contributed by atoms with Crippen molar-refractivity contribution in [3.05, 3.63) is 41.5 Å². The van der Waals surface area contributed by atoms with E-state index < -0.39 is 30.2 Å². The Morgan fingerprint density at radius 2 is 1.81 bits per heavy atom. The van der Waals surface area contributed by atoms with Crippen LogP contribution in [-0.4, -0.2) is 47.7 Å². The molecule has 1 saturated heterocycles. The van der Waals surface area contributed by atoms with E-state index in [1.165, 1.54) is 23.1 Å². The molecule has 0 aliphatic carbocycles. The zero-order valence-electron chi connectivity index (χ0n) is 14.3. The number of rotatable bonds is 5. The maximum Gasteiger partial charge on any atom is 0.416 e. The van der Waals surface area contributed by atoms with Gasteiger partial charge in [-0.25, -0.2) is 0 Å². The summed E-state index contributed by atoms with van der Waals surface area (Å²) >= 11 is 0. The molecular formula is C18H20F3NO4. The highest BCUT2D eigenvalue weighted by Gasteiger charge is 2.30. The summed E-state index contributed by atoms with van der Waals surface area (Å²) < 4.78 is 43.1. The molecule has 1 amide bonds. The maximum atomic E-state index is 12.6. The number of nitrogens with zero attached hydrogens (tertiary/aromatic N) is 1. The fourth-order valence-corrected chi connectivity index (χ4v) is 2.80. The number of ether oxygens (including phenoxy) is 1. The van der Waals surface area contributed by atoms with Crippen molar-refractivity contribution in [3.63, 3.8) is 0 Å². The lowest BCUT2D eigenvalue weighted by Gasteiger charge is -2.32. The number of hydrogen-bond donors (Lipinski definition) is 1. The first kappa shape index (κ1) is 20.0. The fraction of sp³-hybridized carbons (Fsp3) is 0.444. The lowest BCUT2D eigenvalue weighted by molar-refractivity contribution is -0.145. The number of carbonyl (C=O) groups is 2. The second-order valence-electron chi connectivity index (χ2n) is 6.11. The Kier molecular flexibility index (Phi) is 6.42. The topological polar surface area (TPSA) is 66.8 Å². The first-order valence-electron chi connectivity index (χ1n) is 8.14. The van der Waals surface area contributed by atoms with Crippen LogP contribution in [0.25, 0.3) is 5.57 Å². The summed E-state index contributed by atoms with van der Waals surface area (Å²) in [5.74, 6) is -1.60. The van der Waals surface area contributed by atoms with E-state index in [0.29, 0.717) is 37.2 Å². The number of hydrogen-bond acceptors (Lipinski definition) is 3. The van der Waals surface area contributed by atoms with E-state index in [2.05, 4.69) is 0 Å². The summed E-state index contributed by atoms with van der Waals surface area (Å²) in [7, 11) is 0. The summed E-state index contributed by atoms with van der Waals surface area (Å²) in [6.45, 7) is 2.08. The van der Waals surface area contributed by atoms with Gasteiger partial charge in [-0.2, -0.15) is 13.2 Å². The third-order valence-corrected chi connectivity index (χ3v) is 4.23. The number of amides is 1. The second-order valence-corrected chi connectivity index (χ2v) is 6.11. The van der Waals surface area contributed by atoms with Gasteiger partial charge in [0, 0.05) is 25.3 Å². The number of halogens is 3. The molecule has 1 aliphatic heterocycles. The van der Waals surface area contributed by atoms with Gasteiger partial charge >= 0.3 is 12.1 Å². The predicted molar refractivity (Wildman–Crippen MR) is 88.3 cm³/mol. The smallest absolute Gasteiger partial charge is 0.416 e. The van der Waals surface area contributed by atoms with Gasteiger partial charge in [-0.15, -0.1) is 0 Å². The normalized spacial score (nSPS) is 16.4. The Bertz CT molecular complexity index is 677. The zero-order valence-corrected chi connectivity index (χ0v) is 14.3. The number of carbonyl (C=O) groups excluding carboxylic acids is 1. The van der Waals surface area contributed by atoms with E-state index in [1.54, 1.807) is 6.92 Å². The highest BCUT2D eigenvalue weighted by molar-refractivity contribution is 5.96. The van der Waals surface area contributed by atoms with Gasteiger partial charge in [0.15, 0.2) is 0 Å². The Morgan fingerprint density at radius 3 is 2.31 bits per heavy atom. The van der Waals surface area contributed by atoms with Crippen LogP contribution in [0.1, 0.15) is 30.9 Å². The summed E-state index contributed by atoms with van der Waals surface area (Å²) in [5, 5.41) is 9.07. The molecule has 5 nitrogen and oxygen atoms in total. The molecule has 0 unspecified atom stereocenters. The number of allylic oxidation sites excluding steroid dienone is 1. The van der Waals surface area contributed by atoms with Crippen molar-refractivity contribution in [2.24, 2.45) is 0 Å². The average molecular weight is 371 g/mol. The molecule has 1 N–H and O–H groups in total. The quantitative estimate of drug-likeness (QED) is 0.808. The van der Waals surface area contributed by atoms with Crippen molar-refractivity contribution in [2.75, 3.05) is 19.8 Å². The molecule has 1 aliphatic rings. The Balaban J connectivity index is 2.18. The Morgan fingerprint density at radius 1 is 1.23 bits per heavy atom. The van der Waals surface area contributed by atoms with Crippen molar-refractivity contribution < 1.29 is 32.6 Å². The first-order valence-corrected chi connectivity index (χ1v) is 8.14. The molecule has 1 aromatic carbocycles. The van der Waals surface area contributed by atoms with Gasteiger partial charge in [0.1, 0.15) is 6.54 Å². The third-order valence-electron chi connectivity index (χ3n) is 4.23. The van der Waals surface area contributed by atoms with Gasteiger partial charge < -0.3 is 14.7 Å². The van der Waals surface area contributed by atoms with Gasteiger partial charge in [0.05, 0.1) is 5.56 Å². The number of carboxylic acids is 1. The molecule has 0 spiro atoms. The van der Waals surface area contributed by atoms with Gasteiger partial charge in [-0.3, -0.25) is 9.59 Å². The molecule has 1 heterocycles. The second kappa shape index (κ2) is 8.35. The molecule has 8 heteroatoms. The lowest BCUT2D eigenvalue weighted by atomic mass is 10.0. The number of alkyl halides is 3. The van der Waals surface area contributed by atoms with Crippen LogP contribution in [0.2, 0.25) is 0 Å². The van der Waals surface area contributed by atoms with Crippen LogP contribution in [0.15, 0.2) is 30.3 Å². The summed E-state index contributed by atoms with van der Waals surface area (Å²) in [6, 6.07) is 4.24.